The molecular weight excluding hydrogens is 340 g/mol. The molecule has 6 nitrogen and oxygen atoms in total. The van der Waals surface area contributed by atoms with E-state index in [4.69, 9.17) is 15.2 Å². The number of ether oxygens (including phenoxy) is 2. The predicted octanol–water partition coefficient (Wildman–Crippen LogP) is 1.82. The molecule has 0 radical (unpaired) electrons. The maximum Gasteiger partial charge on any atom is 0.243 e. The minimum absolute atomic E-state index is 0.0246. The zero-order valence-corrected chi connectivity index (χ0v) is 15.1. The van der Waals surface area contributed by atoms with Gasteiger partial charge in [-0.15, -0.1) is 0 Å². The van der Waals surface area contributed by atoms with Gasteiger partial charge >= 0.3 is 0 Å². The Kier molecular flexibility index (Phi) is 4.99. The molecule has 7 heteroatoms. The van der Waals surface area contributed by atoms with Crippen molar-refractivity contribution >= 4 is 10.0 Å². The summed E-state index contributed by atoms with van der Waals surface area (Å²) in [7, 11) is -0.707. The van der Waals surface area contributed by atoms with Crippen molar-refractivity contribution in [3.8, 4) is 11.5 Å². The molecule has 0 saturated carbocycles. The van der Waals surface area contributed by atoms with Gasteiger partial charge < -0.3 is 15.2 Å². The van der Waals surface area contributed by atoms with Crippen molar-refractivity contribution < 1.29 is 17.9 Å². The van der Waals surface area contributed by atoms with Crippen LogP contribution in [-0.4, -0.2) is 46.1 Å². The monoisotopic (exact) mass is 362 g/mol. The van der Waals surface area contributed by atoms with Crippen LogP contribution < -0.4 is 15.2 Å². The molecule has 1 heterocycles. The Bertz CT molecular complexity index is 817. The molecule has 0 amide bonds. The van der Waals surface area contributed by atoms with E-state index < -0.39 is 10.0 Å². The lowest BCUT2D eigenvalue weighted by Gasteiger charge is -2.18. The topological polar surface area (TPSA) is 81.9 Å². The van der Waals surface area contributed by atoms with Gasteiger partial charge in [-0.3, -0.25) is 0 Å². The van der Waals surface area contributed by atoms with E-state index in [1.165, 1.54) is 30.7 Å². The predicted molar refractivity (Wildman–Crippen MR) is 95.5 cm³/mol. The lowest BCUT2D eigenvalue weighted by Crippen LogP contribution is -2.32. The van der Waals surface area contributed by atoms with Crippen LogP contribution in [0.25, 0.3) is 0 Å². The molecule has 2 atom stereocenters. The van der Waals surface area contributed by atoms with Gasteiger partial charge in [0.05, 0.1) is 19.1 Å². The van der Waals surface area contributed by atoms with Crippen LogP contribution in [0.15, 0.2) is 53.4 Å². The van der Waals surface area contributed by atoms with Crippen LogP contribution in [0.3, 0.4) is 0 Å². The van der Waals surface area contributed by atoms with Gasteiger partial charge in [0.25, 0.3) is 0 Å². The summed E-state index contributed by atoms with van der Waals surface area (Å²) in [6.07, 6.45) is 0. The first-order valence-electron chi connectivity index (χ1n) is 7.99. The summed E-state index contributed by atoms with van der Waals surface area (Å²) in [6, 6.07) is 14.2. The van der Waals surface area contributed by atoms with Gasteiger partial charge in [-0.1, -0.05) is 30.3 Å². The Balaban J connectivity index is 1.91. The standard InChI is InChI=1S/C18H22N2O4S/c1-23-14-8-15(24-2)10-16(9-14)25(21,22)20-11-17(18(19)12-20)13-6-4-3-5-7-13/h3-10,17-18H,11-12,19H2,1-2H3/t17-,18+/m0/s1. The highest BCUT2D eigenvalue weighted by molar-refractivity contribution is 7.89. The molecule has 0 aromatic heterocycles. The average molecular weight is 362 g/mol. The summed E-state index contributed by atoms with van der Waals surface area (Å²) in [5.74, 6) is 0.838. The second-order valence-electron chi connectivity index (χ2n) is 6.05. The Labute approximate surface area is 148 Å². The fraction of sp³-hybridized carbons (Fsp3) is 0.333. The van der Waals surface area contributed by atoms with Crippen molar-refractivity contribution in [2.24, 2.45) is 5.73 Å². The maximum atomic E-state index is 13.1. The summed E-state index contributed by atoms with van der Waals surface area (Å²) >= 11 is 0. The third-order valence-corrected chi connectivity index (χ3v) is 6.33. The van der Waals surface area contributed by atoms with Crippen LogP contribution in [0.4, 0.5) is 0 Å². The quantitative estimate of drug-likeness (QED) is 0.877. The van der Waals surface area contributed by atoms with Crippen LogP contribution in [0.1, 0.15) is 11.5 Å². The smallest absolute Gasteiger partial charge is 0.243 e. The van der Waals surface area contributed by atoms with E-state index in [9.17, 15) is 8.42 Å². The highest BCUT2D eigenvalue weighted by atomic mass is 32.2. The molecule has 0 bridgehead atoms. The molecule has 25 heavy (non-hydrogen) atoms. The molecule has 134 valence electrons. The minimum Gasteiger partial charge on any atom is -0.497 e. The van der Waals surface area contributed by atoms with Crippen LogP contribution in [0.5, 0.6) is 11.5 Å². The molecule has 3 rings (SSSR count). The molecule has 1 fully saturated rings. The van der Waals surface area contributed by atoms with E-state index >= 15 is 0 Å². The third kappa shape index (κ3) is 3.49. The largest absolute Gasteiger partial charge is 0.497 e. The Morgan fingerprint density at radius 1 is 1.00 bits per heavy atom. The lowest BCUT2D eigenvalue weighted by molar-refractivity contribution is 0.391. The first kappa shape index (κ1) is 17.7. The van der Waals surface area contributed by atoms with Crippen LogP contribution >= 0.6 is 0 Å². The minimum atomic E-state index is -3.68. The van der Waals surface area contributed by atoms with Gasteiger partial charge in [0.2, 0.25) is 10.0 Å². The van der Waals surface area contributed by atoms with E-state index in [2.05, 4.69) is 0 Å². The molecule has 0 spiro atoms. The lowest BCUT2D eigenvalue weighted by atomic mass is 9.95. The molecule has 2 aromatic carbocycles. The molecule has 0 unspecified atom stereocenters. The van der Waals surface area contributed by atoms with E-state index in [0.717, 1.165) is 5.56 Å². The highest BCUT2D eigenvalue weighted by Gasteiger charge is 2.38. The Hall–Kier alpha value is -2.09. The third-order valence-electron chi connectivity index (χ3n) is 4.52. The maximum absolute atomic E-state index is 13.1. The van der Waals surface area contributed by atoms with Crippen molar-refractivity contribution in [3.05, 3.63) is 54.1 Å². The second-order valence-corrected chi connectivity index (χ2v) is 7.99. The van der Waals surface area contributed by atoms with Gasteiger partial charge in [0.15, 0.2) is 0 Å². The summed E-state index contributed by atoms with van der Waals surface area (Å²) in [5.41, 5.74) is 7.28. The fourth-order valence-electron chi connectivity index (χ4n) is 3.12. The van der Waals surface area contributed by atoms with Gasteiger partial charge in [-0.2, -0.15) is 4.31 Å². The average Bonchev–Trinajstić information content (AvgIpc) is 3.04. The van der Waals surface area contributed by atoms with Crippen LogP contribution in [-0.2, 0) is 10.0 Å². The number of nitrogens with two attached hydrogens (primary N) is 1. The van der Waals surface area contributed by atoms with Crippen LogP contribution in [0.2, 0.25) is 0 Å². The fourth-order valence-corrected chi connectivity index (χ4v) is 4.67. The first-order chi connectivity index (χ1) is 12.0. The number of methoxy groups -OCH3 is 2. The summed E-state index contributed by atoms with van der Waals surface area (Å²) < 4.78 is 37.9. The molecule has 1 saturated heterocycles. The molecular formula is C18H22N2O4S. The summed E-state index contributed by atoms with van der Waals surface area (Å²) in [4.78, 5) is 0.143. The SMILES string of the molecule is COc1cc(OC)cc(S(=O)(=O)N2C[C@@H](N)[C@H](c3ccccc3)C2)c1. The molecule has 2 N–H and O–H groups in total. The van der Waals surface area contributed by atoms with E-state index in [-0.39, 0.29) is 23.4 Å². The highest BCUT2D eigenvalue weighted by Crippen LogP contribution is 2.33. The number of benzene rings is 2. The van der Waals surface area contributed by atoms with Gasteiger partial charge in [0, 0.05) is 43.2 Å². The second kappa shape index (κ2) is 7.03. The summed E-state index contributed by atoms with van der Waals surface area (Å²) in [6.45, 7) is 0.633. The first-order valence-corrected chi connectivity index (χ1v) is 9.43. The number of sulfonamides is 1. The normalized spacial score (nSPS) is 21.2. The van der Waals surface area contributed by atoms with Crippen molar-refractivity contribution in [1.29, 1.82) is 0 Å². The number of hydrogen-bond donors (Lipinski definition) is 1. The summed E-state index contributed by atoms with van der Waals surface area (Å²) in [5, 5.41) is 0. The molecule has 1 aliphatic heterocycles. The van der Waals surface area contributed by atoms with E-state index in [0.29, 0.717) is 18.0 Å². The molecule has 2 aromatic rings. The Morgan fingerprint density at radius 3 is 2.16 bits per heavy atom. The zero-order valence-electron chi connectivity index (χ0n) is 14.3. The van der Waals surface area contributed by atoms with Gasteiger partial charge in [0.1, 0.15) is 11.5 Å². The molecule has 0 aliphatic carbocycles. The van der Waals surface area contributed by atoms with Gasteiger partial charge in [-0.25, -0.2) is 8.42 Å². The number of rotatable bonds is 5. The number of nitrogens with zero attached hydrogens (tertiary/aromatic N) is 1. The van der Waals surface area contributed by atoms with Crippen molar-refractivity contribution in [1.82, 2.24) is 4.31 Å². The van der Waals surface area contributed by atoms with Crippen molar-refractivity contribution in [2.45, 2.75) is 16.9 Å². The van der Waals surface area contributed by atoms with Crippen LogP contribution in [0, 0.1) is 0 Å². The zero-order chi connectivity index (χ0) is 18.0. The Morgan fingerprint density at radius 2 is 1.60 bits per heavy atom. The molecule has 1 aliphatic rings. The van der Waals surface area contributed by atoms with Gasteiger partial charge in [-0.05, 0) is 5.56 Å². The van der Waals surface area contributed by atoms with Crippen molar-refractivity contribution in [3.63, 3.8) is 0 Å². The van der Waals surface area contributed by atoms with E-state index in [1.807, 2.05) is 30.3 Å². The number of hydrogen-bond acceptors (Lipinski definition) is 5. The van der Waals surface area contributed by atoms with E-state index in [1.54, 1.807) is 6.07 Å². The van der Waals surface area contributed by atoms with Crippen molar-refractivity contribution in [2.75, 3.05) is 27.3 Å².